The fraction of sp³-hybridized carbons (Fsp3) is 0.500. The normalized spacial score (nSPS) is 13.2. The Morgan fingerprint density at radius 2 is 2.16 bits per heavy atom. The Morgan fingerprint density at radius 1 is 1.53 bits per heavy atom. The number of primary sulfonamides is 1. The van der Waals surface area contributed by atoms with E-state index < -0.39 is 26.7 Å². The zero-order chi connectivity index (χ0) is 14.6. The number of sulfonamides is 1. The second kappa shape index (κ2) is 6.31. The van der Waals surface area contributed by atoms with E-state index in [-0.39, 0.29) is 17.1 Å². The van der Waals surface area contributed by atoms with Gasteiger partial charge in [-0.3, -0.25) is 9.00 Å². The van der Waals surface area contributed by atoms with Crippen LogP contribution in [-0.2, 0) is 27.4 Å². The van der Waals surface area contributed by atoms with Gasteiger partial charge in [0.1, 0.15) is 10.6 Å². The number of amides is 1. The minimum atomic E-state index is -3.83. The topological polar surface area (TPSA) is 111 Å². The van der Waals surface area contributed by atoms with Crippen molar-refractivity contribution in [1.82, 2.24) is 9.88 Å². The highest BCUT2D eigenvalue weighted by atomic mass is 32.2. The van der Waals surface area contributed by atoms with E-state index in [1.165, 1.54) is 16.8 Å². The molecule has 3 N–H and O–H groups in total. The van der Waals surface area contributed by atoms with Crippen molar-refractivity contribution in [2.24, 2.45) is 5.14 Å². The standard InChI is InChI=1S/C10H17N3O4S2/c1-3-13-7-8(19(11,16)17)6-9(13)10(14)12-4-5-18(2)15/h6-7H,3-5H2,1-2H3,(H,12,14)(H2,11,16,17). The van der Waals surface area contributed by atoms with Crippen LogP contribution in [0.3, 0.4) is 0 Å². The Hall–Kier alpha value is -1.19. The van der Waals surface area contributed by atoms with Gasteiger partial charge in [0.25, 0.3) is 5.91 Å². The minimum Gasteiger partial charge on any atom is -0.350 e. The third-order valence-electron chi connectivity index (χ3n) is 2.45. The van der Waals surface area contributed by atoms with Gasteiger partial charge in [0, 0.05) is 42.1 Å². The van der Waals surface area contributed by atoms with Gasteiger partial charge in [0.2, 0.25) is 10.0 Å². The maximum Gasteiger partial charge on any atom is 0.267 e. The molecule has 1 aromatic rings. The Morgan fingerprint density at radius 3 is 2.63 bits per heavy atom. The van der Waals surface area contributed by atoms with Gasteiger partial charge in [-0.05, 0) is 13.0 Å². The SMILES string of the molecule is CCn1cc(S(N)(=O)=O)cc1C(=O)NCCS(C)=O. The highest BCUT2D eigenvalue weighted by Gasteiger charge is 2.18. The first-order valence-electron chi connectivity index (χ1n) is 5.57. The summed E-state index contributed by atoms with van der Waals surface area (Å²) in [6.07, 6.45) is 2.86. The fourth-order valence-corrected chi connectivity index (χ4v) is 2.43. The first kappa shape index (κ1) is 15.9. The van der Waals surface area contributed by atoms with E-state index in [9.17, 15) is 17.4 Å². The number of aromatic nitrogens is 1. The van der Waals surface area contributed by atoms with Crippen molar-refractivity contribution >= 4 is 26.7 Å². The van der Waals surface area contributed by atoms with E-state index in [0.29, 0.717) is 12.3 Å². The van der Waals surface area contributed by atoms with Crippen LogP contribution in [0.5, 0.6) is 0 Å². The number of nitrogens with one attached hydrogen (secondary N) is 1. The smallest absolute Gasteiger partial charge is 0.267 e. The second-order valence-electron chi connectivity index (χ2n) is 3.93. The highest BCUT2D eigenvalue weighted by Crippen LogP contribution is 2.13. The van der Waals surface area contributed by atoms with Gasteiger partial charge in [0.05, 0.1) is 0 Å². The molecule has 1 aromatic heterocycles. The molecule has 7 nitrogen and oxygen atoms in total. The lowest BCUT2D eigenvalue weighted by Gasteiger charge is -2.06. The largest absolute Gasteiger partial charge is 0.350 e. The molecule has 1 unspecified atom stereocenters. The molecular formula is C10H17N3O4S2. The summed E-state index contributed by atoms with van der Waals surface area (Å²) in [6, 6.07) is 1.23. The molecule has 1 heterocycles. The maximum atomic E-state index is 11.9. The zero-order valence-corrected chi connectivity index (χ0v) is 12.4. The molecule has 0 fully saturated rings. The van der Waals surface area contributed by atoms with E-state index >= 15 is 0 Å². The van der Waals surface area contributed by atoms with E-state index in [1.807, 2.05) is 0 Å². The van der Waals surface area contributed by atoms with Gasteiger partial charge in [-0.15, -0.1) is 0 Å². The molecule has 19 heavy (non-hydrogen) atoms. The second-order valence-corrected chi connectivity index (χ2v) is 7.04. The zero-order valence-electron chi connectivity index (χ0n) is 10.8. The Balaban J connectivity index is 2.90. The van der Waals surface area contributed by atoms with Crippen LogP contribution in [0.1, 0.15) is 17.4 Å². The van der Waals surface area contributed by atoms with E-state index in [1.54, 1.807) is 13.2 Å². The molecule has 9 heteroatoms. The van der Waals surface area contributed by atoms with E-state index in [0.717, 1.165) is 0 Å². The molecule has 1 atom stereocenters. The lowest BCUT2D eigenvalue weighted by Crippen LogP contribution is -2.29. The van der Waals surface area contributed by atoms with Crippen LogP contribution >= 0.6 is 0 Å². The molecule has 0 aliphatic rings. The van der Waals surface area contributed by atoms with Crippen LogP contribution in [0.2, 0.25) is 0 Å². The number of carbonyl (C=O) groups excluding carboxylic acids is 1. The monoisotopic (exact) mass is 307 g/mol. The molecule has 0 saturated heterocycles. The van der Waals surface area contributed by atoms with Crippen molar-refractivity contribution in [2.45, 2.75) is 18.4 Å². The fourth-order valence-electron chi connectivity index (χ4n) is 1.49. The van der Waals surface area contributed by atoms with E-state index in [2.05, 4.69) is 5.32 Å². The van der Waals surface area contributed by atoms with Crippen LogP contribution in [0.15, 0.2) is 17.2 Å². The summed E-state index contributed by atoms with van der Waals surface area (Å²) in [6.45, 7) is 2.49. The van der Waals surface area contributed by atoms with Crippen LogP contribution in [0.25, 0.3) is 0 Å². The van der Waals surface area contributed by atoms with Crippen LogP contribution in [0, 0.1) is 0 Å². The minimum absolute atomic E-state index is 0.0985. The average molecular weight is 307 g/mol. The summed E-state index contributed by atoms with van der Waals surface area (Å²) in [5.74, 6) is -0.0668. The molecule has 1 rings (SSSR count). The third kappa shape index (κ3) is 4.44. The summed E-state index contributed by atoms with van der Waals surface area (Å²) in [5.41, 5.74) is 0.216. The number of carbonyl (C=O) groups is 1. The number of hydrogen-bond acceptors (Lipinski definition) is 4. The summed E-state index contributed by atoms with van der Waals surface area (Å²) < 4.78 is 34.8. The molecule has 0 aliphatic heterocycles. The van der Waals surface area contributed by atoms with Gasteiger partial charge in [-0.2, -0.15) is 0 Å². The molecule has 0 radical (unpaired) electrons. The number of rotatable bonds is 6. The average Bonchev–Trinajstić information content (AvgIpc) is 2.71. The van der Waals surface area contributed by atoms with Crippen molar-refractivity contribution in [2.75, 3.05) is 18.6 Å². The van der Waals surface area contributed by atoms with Crippen molar-refractivity contribution in [3.05, 3.63) is 18.0 Å². The molecule has 0 aromatic carbocycles. The molecule has 0 aliphatic carbocycles. The summed E-state index contributed by atoms with van der Waals surface area (Å²) in [4.78, 5) is 11.8. The highest BCUT2D eigenvalue weighted by molar-refractivity contribution is 7.89. The lowest BCUT2D eigenvalue weighted by molar-refractivity contribution is 0.0947. The first-order chi connectivity index (χ1) is 8.75. The van der Waals surface area contributed by atoms with Crippen LogP contribution in [-0.4, -0.2) is 41.7 Å². The van der Waals surface area contributed by atoms with Crippen molar-refractivity contribution in [3.8, 4) is 0 Å². The van der Waals surface area contributed by atoms with Crippen LogP contribution in [0.4, 0.5) is 0 Å². The van der Waals surface area contributed by atoms with Gasteiger partial charge in [0.15, 0.2) is 0 Å². The number of nitrogens with zero attached hydrogens (tertiary/aromatic N) is 1. The molecule has 0 bridgehead atoms. The van der Waals surface area contributed by atoms with Crippen molar-refractivity contribution < 1.29 is 17.4 Å². The molecular weight excluding hydrogens is 290 g/mol. The summed E-state index contributed by atoms with van der Waals surface area (Å²) in [5, 5.41) is 7.60. The number of nitrogens with two attached hydrogens (primary N) is 1. The first-order valence-corrected chi connectivity index (χ1v) is 8.84. The number of hydrogen-bond donors (Lipinski definition) is 2. The predicted molar refractivity (Wildman–Crippen MR) is 72.7 cm³/mol. The van der Waals surface area contributed by atoms with Gasteiger partial charge >= 0.3 is 0 Å². The maximum absolute atomic E-state index is 11.9. The number of aryl methyl sites for hydroxylation is 1. The molecule has 0 spiro atoms. The Bertz CT molecular complexity index is 592. The quantitative estimate of drug-likeness (QED) is 0.721. The Kier molecular flexibility index (Phi) is 5.27. The summed E-state index contributed by atoms with van der Waals surface area (Å²) in [7, 11) is -4.82. The van der Waals surface area contributed by atoms with E-state index in [4.69, 9.17) is 5.14 Å². The van der Waals surface area contributed by atoms with Crippen LogP contribution < -0.4 is 10.5 Å². The Labute approximate surface area is 114 Å². The van der Waals surface area contributed by atoms with Crippen molar-refractivity contribution in [3.63, 3.8) is 0 Å². The summed E-state index contributed by atoms with van der Waals surface area (Å²) >= 11 is 0. The van der Waals surface area contributed by atoms with Crippen molar-refractivity contribution in [1.29, 1.82) is 0 Å². The van der Waals surface area contributed by atoms with Gasteiger partial charge < -0.3 is 9.88 Å². The third-order valence-corrected chi connectivity index (χ3v) is 4.11. The molecule has 0 saturated carbocycles. The van der Waals surface area contributed by atoms with Gasteiger partial charge in [-0.25, -0.2) is 13.6 Å². The predicted octanol–water partition coefficient (Wildman–Crippen LogP) is -0.736. The molecule has 108 valence electrons. The molecule has 1 amide bonds. The van der Waals surface area contributed by atoms with Gasteiger partial charge in [-0.1, -0.05) is 0 Å². The lowest BCUT2D eigenvalue weighted by atomic mass is 10.4.